The average molecular weight is 257 g/mol. The van der Waals surface area contributed by atoms with E-state index in [0.29, 0.717) is 6.61 Å². The normalized spacial score (nSPS) is 20.8. The van der Waals surface area contributed by atoms with E-state index in [0.717, 1.165) is 51.5 Å². The van der Waals surface area contributed by atoms with Gasteiger partial charge in [0.05, 0.1) is 12.6 Å². The molecule has 18 heavy (non-hydrogen) atoms. The predicted octanol–water partition coefficient (Wildman–Crippen LogP) is 1.96. The Kier molecular flexibility index (Phi) is 8.01. The van der Waals surface area contributed by atoms with Crippen LogP contribution in [0.15, 0.2) is 0 Å². The van der Waals surface area contributed by atoms with Crippen LogP contribution >= 0.6 is 0 Å². The minimum absolute atomic E-state index is 0.000702. The second-order valence-corrected chi connectivity index (χ2v) is 5.03. The third kappa shape index (κ3) is 5.36. The molecule has 1 rings (SSSR count). The standard InChI is InChI=1S/C14H27NO3/c1-2-3-7-10-18-12-14(17)15-9-6-4-5-8-13(15)11-16/h13,16H,2-12H2,1H3. The number of carbonyl (C=O) groups excluding carboxylic acids is 1. The monoisotopic (exact) mass is 257 g/mol. The molecule has 1 N–H and O–H groups in total. The average Bonchev–Trinajstić information content (AvgIpc) is 2.63. The summed E-state index contributed by atoms with van der Waals surface area (Å²) < 4.78 is 5.41. The number of hydrogen-bond acceptors (Lipinski definition) is 3. The molecule has 1 fully saturated rings. The first-order valence-corrected chi connectivity index (χ1v) is 7.27. The summed E-state index contributed by atoms with van der Waals surface area (Å²) in [5, 5.41) is 9.34. The summed E-state index contributed by atoms with van der Waals surface area (Å²) in [6, 6.07) is -0.000702. The van der Waals surface area contributed by atoms with Crippen molar-refractivity contribution in [2.45, 2.75) is 57.9 Å². The molecule has 4 nitrogen and oxygen atoms in total. The number of nitrogens with zero attached hydrogens (tertiary/aromatic N) is 1. The van der Waals surface area contributed by atoms with Gasteiger partial charge in [-0.3, -0.25) is 4.79 Å². The van der Waals surface area contributed by atoms with E-state index in [-0.39, 0.29) is 25.2 Å². The highest BCUT2D eigenvalue weighted by Gasteiger charge is 2.24. The Morgan fingerprint density at radius 2 is 2.17 bits per heavy atom. The summed E-state index contributed by atoms with van der Waals surface area (Å²) in [5.74, 6) is 0.0347. The molecule has 0 aromatic heterocycles. The van der Waals surface area contributed by atoms with Crippen molar-refractivity contribution in [1.82, 2.24) is 4.90 Å². The Bertz CT molecular complexity index is 233. The first kappa shape index (κ1) is 15.4. The quantitative estimate of drug-likeness (QED) is 0.709. The van der Waals surface area contributed by atoms with E-state index in [1.54, 1.807) is 0 Å². The number of unbranched alkanes of at least 4 members (excludes halogenated alkanes) is 2. The van der Waals surface area contributed by atoms with Crippen LogP contribution in [-0.2, 0) is 9.53 Å². The Labute approximate surface area is 110 Å². The lowest BCUT2D eigenvalue weighted by Crippen LogP contribution is -2.43. The first-order chi connectivity index (χ1) is 8.79. The number of rotatable bonds is 7. The van der Waals surface area contributed by atoms with Crippen molar-refractivity contribution in [3.05, 3.63) is 0 Å². The van der Waals surface area contributed by atoms with Gasteiger partial charge in [-0.15, -0.1) is 0 Å². The Morgan fingerprint density at radius 3 is 2.89 bits per heavy atom. The molecule has 0 aliphatic carbocycles. The predicted molar refractivity (Wildman–Crippen MR) is 71.4 cm³/mol. The molecule has 4 heteroatoms. The highest BCUT2D eigenvalue weighted by molar-refractivity contribution is 5.77. The maximum atomic E-state index is 12.0. The number of carbonyl (C=O) groups is 1. The van der Waals surface area contributed by atoms with Crippen LogP contribution in [0, 0.1) is 0 Å². The van der Waals surface area contributed by atoms with Crippen LogP contribution in [0.2, 0.25) is 0 Å². The molecule has 0 aromatic rings. The SMILES string of the molecule is CCCCCOCC(=O)N1CCCCCC1CO. The van der Waals surface area contributed by atoms with E-state index in [1.165, 1.54) is 0 Å². The molecule has 1 unspecified atom stereocenters. The molecule has 106 valence electrons. The van der Waals surface area contributed by atoms with Crippen LogP contribution in [0.5, 0.6) is 0 Å². The van der Waals surface area contributed by atoms with Gasteiger partial charge in [0.25, 0.3) is 0 Å². The molecule has 0 saturated carbocycles. The largest absolute Gasteiger partial charge is 0.394 e. The Morgan fingerprint density at radius 1 is 1.33 bits per heavy atom. The van der Waals surface area contributed by atoms with Gasteiger partial charge < -0.3 is 14.7 Å². The van der Waals surface area contributed by atoms with E-state index in [4.69, 9.17) is 4.74 Å². The molecular formula is C14H27NO3. The lowest BCUT2D eigenvalue weighted by atomic mass is 10.1. The van der Waals surface area contributed by atoms with Crippen LogP contribution in [0.25, 0.3) is 0 Å². The topological polar surface area (TPSA) is 49.8 Å². The molecule has 1 saturated heterocycles. The number of aliphatic hydroxyl groups is 1. The van der Waals surface area contributed by atoms with Gasteiger partial charge in [-0.05, 0) is 19.3 Å². The van der Waals surface area contributed by atoms with Gasteiger partial charge in [0, 0.05) is 13.2 Å². The van der Waals surface area contributed by atoms with Crippen molar-refractivity contribution >= 4 is 5.91 Å². The van der Waals surface area contributed by atoms with Crippen LogP contribution in [0.4, 0.5) is 0 Å². The number of amides is 1. The van der Waals surface area contributed by atoms with Gasteiger partial charge in [-0.2, -0.15) is 0 Å². The van der Waals surface area contributed by atoms with Crippen LogP contribution in [0.3, 0.4) is 0 Å². The second-order valence-electron chi connectivity index (χ2n) is 5.03. The van der Waals surface area contributed by atoms with E-state index >= 15 is 0 Å². The number of hydrogen-bond donors (Lipinski definition) is 1. The highest BCUT2D eigenvalue weighted by Crippen LogP contribution is 2.16. The third-order valence-corrected chi connectivity index (χ3v) is 3.53. The summed E-state index contributed by atoms with van der Waals surface area (Å²) in [7, 11) is 0. The van der Waals surface area contributed by atoms with Gasteiger partial charge in [0.2, 0.25) is 5.91 Å². The molecule has 1 aliphatic heterocycles. The molecular weight excluding hydrogens is 230 g/mol. The van der Waals surface area contributed by atoms with Crippen molar-refractivity contribution in [3.63, 3.8) is 0 Å². The lowest BCUT2D eigenvalue weighted by Gasteiger charge is -2.28. The number of likely N-dealkylation sites (tertiary alicyclic amines) is 1. The molecule has 0 radical (unpaired) electrons. The van der Waals surface area contributed by atoms with Gasteiger partial charge in [0.1, 0.15) is 6.61 Å². The fourth-order valence-corrected chi connectivity index (χ4v) is 2.39. The maximum absolute atomic E-state index is 12.0. The van der Waals surface area contributed by atoms with Crippen molar-refractivity contribution in [3.8, 4) is 0 Å². The molecule has 0 aromatic carbocycles. The number of ether oxygens (including phenoxy) is 1. The second kappa shape index (κ2) is 9.34. The van der Waals surface area contributed by atoms with Crippen LogP contribution in [-0.4, -0.2) is 48.3 Å². The van der Waals surface area contributed by atoms with Crippen molar-refractivity contribution in [2.24, 2.45) is 0 Å². The minimum atomic E-state index is -0.000702. The summed E-state index contributed by atoms with van der Waals surface area (Å²) in [5.41, 5.74) is 0. The van der Waals surface area contributed by atoms with Gasteiger partial charge in [-0.25, -0.2) is 0 Å². The van der Waals surface area contributed by atoms with E-state index in [1.807, 2.05) is 4.90 Å². The molecule has 0 bridgehead atoms. The van der Waals surface area contributed by atoms with Crippen molar-refractivity contribution < 1.29 is 14.6 Å². The van der Waals surface area contributed by atoms with E-state index in [2.05, 4.69) is 6.92 Å². The van der Waals surface area contributed by atoms with Crippen molar-refractivity contribution in [2.75, 3.05) is 26.4 Å². The maximum Gasteiger partial charge on any atom is 0.248 e. The van der Waals surface area contributed by atoms with E-state index in [9.17, 15) is 9.90 Å². The summed E-state index contributed by atoms with van der Waals surface area (Å²) in [6.07, 6.45) is 7.54. The molecule has 0 spiro atoms. The smallest absolute Gasteiger partial charge is 0.248 e. The molecule has 1 aliphatic rings. The molecule has 1 heterocycles. The van der Waals surface area contributed by atoms with Crippen LogP contribution in [0.1, 0.15) is 51.9 Å². The zero-order valence-electron chi connectivity index (χ0n) is 11.6. The van der Waals surface area contributed by atoms with Crippen molar-refractivity contribution in [1.29, 1.82) is 0 Å². The fraction of sp³-hybridized carbons (Fsp3) is 0.929. The summed E-state index contributed by atoms with van der Waals surface area (Å²) in [6.45, 7) is 3.82. The van der Waals surface area contributed by atoms with E-state index < -0.39 is 0 Å². The minimum Gasteiger partial charge on any atom is -0.394 e. The third-order valence-electron chi connectivity index (χ3n) is 3.53. The fourth-order valence-electron chi connectivity index (χ4n) is 2.39. The highest BCUT2D eigenvalue weighted by atomic mass is 16.5. The zero-order chi connectivity index (χ0) is 13.2. The van der Waals surface area contributed by atoms with Gasteiger partial charge in [-0.1, -0.05) is 32.6 Å². The summed E-state index contributed by atoms with van der Waals surface area (Å²) >= 11 is 0. The molecule has 1 atom stereocenters. The molecule has 1 amide bonds. The van der Waals surface area contributed by atoms with Gasteiger partial charge >= 0.3 is 0 Å². The zero-order valence-corrected chi connectivity index (χ0v) is 11.6. The van der Waals surface area contributed by atoms with Crippen LogP contribution < -0.4 is 0 Å². The first-order valence-electron chi connectivity index (χ1n) is 7.27. The van der Waals surface area contributed by atoms with Gasteiger partial charge in [0.15, 0.2) is 0 Å². The number of aliphatic hydroxyl groups excluding tert-OH is 1. The Balaban J connectivity index is 2.28. The Hall–Kier alpha value is -0.610. The summed E-state index contributed by atoms with van der Waals surface area (Å²) in [4.78, 5) is 13.9. The lowest BCUT2D eigenvalue weighted by molar-refractivity contribution is -0.139.